The van der Waals surface area contributed by atoms with E-state index in [0.717, 1.165) is 33.8 Å². The first kappa shape index (κ1) is 33.2. The maximum atomic E-state index is 10.2. The fourth-order valence-corrected chi connectivity index (χ4v) is 4.97. The Balaban J connectivity index is 3.04. The van der Waals surface area contributed by atoms with Crippen molar-refractivity contribution < 1.29 is 19.7 Å². The molecule has 220 valence electrons. The zero-order chi connectivity index (χ0) is 30.5. The highest BCUT2D eigenvalue weighted by Crippen LogP contribution is 2.48. The van der Waals surface area contributed by atoms with E-state index in [1.54, 1.807) is 13.8 Å². The third kappa shape index (κ3) is 7.58. The van der Waals surface area contributed by atoms with E-state index in [2.05, 4.69) is 121 Å². The Labute approximate surface area is 239 Å². The van der Waals surface area contributed by atoms with Crippen molar-refractivity contribution in [2.45, 2.75) is 150 Å². The summed E-state index contributed by atoms with van der Waals surface area (Å²) in [5, 5.41) is 20.5. The molecule has 0 bridgehead atoms. The first-order valence-corrected chi connectivity index (χ1v) is 14.4. The number of ether oxygens (including phenoxy) is 2. The van der Waals surface area contributed by atoms with Crippen molar-refractivity contribution in [1.29, 1.82) is 0 Å². The molecule has 2 N–H and O–H groups in total. The van der Waals surface area contributed by atoms with Gasteiger partial charge >= 0.3 is 0 Å². The van der Waals surface area contributed by atoms with E-state index in [1.807, 2.05) is 0 Å². The first-order valence-electron chi connectivity index (χ1n) is 14.4. The van der Waals surface area contributed by atoms with Gasteiger partial charge in [-0.2, -0.15) is 0 Å². The average Bonchev–Trinajstić information content (AvgIpc) is 2.69. The third-order valence-corrected chi connectivity index (χ3v) is 7.43. The summed E-state index contributed by atoms with van der Waals surface area (Å²) in [6.45, 7) is 34.2. The Morgan fingerprint density at radius 3 is 0.821 bits per heavy atom. The van der Waals surface area contributed by atoms with Crippen LogP contribution in [0.2, 0.25) is 0 Å². The van der Waals surface area contributed by atoms with Crippen LogP contribution in [0.3, 0.4) is 0 Å². The number of hydrogen-bond donors (Lipinski definition) is 2. The van der Waals surface area contributed by atoms with Gasteiger partial charge in [0.2, 0.25) is 0 Å². The second-order valence-electron chi connectivity index (χ2n) is 15.9. The molecule has 2 aromatic carbocycles. The molecule has 2 atom stereocenters. The molecular formula is C35H56O4. The van der Waals surface area contributed by atoms with Crippen LogP contribution in [0.5, 0.6) is 11.5 Å². The highest BCUT2D eigenvalue weighted by Gasteiger charge is 2.36. The van der Waals surface area contributed by atoms with Crippen LogP contribution in [-0.4, -0.2) is 22.8 Å². The topological polar surface area (TPSA) is 58.9 Å². The normalized spacial score (nSPS) is 15.2. The summed E-state index contributed by atoms with van der Waals surface area (Å²) in [5.74, 6) is 1.55. The lowest BCUT2D eigenvalue weighted by molar-refractivity contribution is -0.00343. The Bertz CT molecular complexity index is 996. The molecule has 0 aliphatic heterocycles. The molecule has 0 saturated carbocycles. The van der Waals surface area contributed by atoms with Gasteiger partial charge in [0.05, 0.1) is 0 Å². The maximum Gasteiger partial charge on any atom is 0.194 e. The van der Waals surface area contributed by atoms with Crippen molar-refractivity contribution in [3.63, 3.8) is 0 Å². The number of benzene rings is 2. The quantitative estimate of drug-likeness (QED) is 0.360. The van der Waals surface area contributed by atoms with Gasteiger partial charge in [-0.05, 0) is 46.6 Å². The summed E-state index contributed by atoms with van der Waals surface area (Å²) in [6.07, 6.45) is -1.81. The van der Waals surface area contributed by atoms with Gasteiger partial charge in [0.25, 0.3) is 0 Å². The fourth-order valence-electron chi connectivity index (χ4n) is 4.97. The van der Waals surface area contributed by atoms with E-state index < -0.39 is 12.6 Å². The first-order chi connectivity index (χ1) is 17.3. The van der Waals surface area contributed by atoms with Gasteiger partial charge in [-0.25, -0.2) is 0 Å². The van der Waals surface area contributed by atoms with E-state index in [4.69, 9.17) is 9.47 Å². The summed E-state index contributed by atoms with van der Waals surface area (Å²) in [4.78, 5) is 0. The molecule has 39 heavy (non-hydrogen) atoms. The van der Waals surface area contributed by atoms with Gasteiger partial charge in [0, 0.05) is 27.7 Å². The van der Waals surface area contributed by atoms with Gasteiger partial charge in [-0.15, -0.1) is 0 Å². The number of rotatable bonds is 6. The third-order valence-electron chi connectivity index (χ3n) is 7.43. The summed E-state index contributed by atoms with van der Waals surface area (Å²) < 4.78 is 12.2. The number of aliphatic hydroxyl groups is 2. The minimum Gasteiger partial charge on any atom is -0.465 e. The summed E-state index contributed by atoms with van der Waals surface area (Å²) >= 11 is 0. The summed E-state index contributed by atoms with van der Waals surface area (Å²) in [7, 11) is 0. The average molecular weight is 541 g/mol. The Morgan fingerprint density at radius 1 is 0.462 bits per heavy atom. The minimum atomic E-state index is -0.906. The van der Waals surface area contributed by atoms with E-state index in [9.17, 15) is 10.2 Å². The summed E-state index contributed by atoms with van der Waals surface area (Å²) in [6, 6.07) is 9.06. The molecule has 2 unspecified atom stereocenters. The van der Waals surface area contributed by atoms with E-state index in [-0.39, 0.29) is 27.1 Å². The zero-order valence-corrected chi connectivity index (χ0v) is 27.7. The van der Waals surface area contributed by atoms with Crippen molar-refractivity contribution in [3.8, 4) is 11.5 Å². The predicted octanol–water partition coefficient (Wildman–Crippen LogP) is 8.64. The van der Waals surface area contributed by atoms with Crippen LogP contribution in [-0.2, 0) is 27.1 Å². The summed E-state index contributed by atoms with van der Waals surface area (Å²) in [5.41, 5.74) is 5.58. The molecule has 0 spiro atoms. The largest absolute Gasteiger partial charge is 0.465 e. The highest BCUT2D eigenvalue weighted by molar-refractivity contribution is 5.57. The van der Waals surface area contributed by atoms with Crippen LogP contribution < -0.4 is 9.47 Å². The fraction of sp³-hybridized carbons (Fsp3) is 0.657. The molecule has 2 rings (SSSR count). The minimum absolute atomic E-state index is 0.196. The van der Waals surface area contributed by atoms with Crippen molar-refractivity contribution in [1.82, 2.24) is 0 Å². The van der Waals surface area contributed by atoms with Gasteiger partial charge in [-0.3, -0.25) is 0 Å². The van der Waals surface area contributed by atoms with Crippen LogP contribution in [0.15, 0.2) is 24.3 Å². The second kappa shape index (κ2) is 10.7. The van der Waals surface area contributed by atoms with Crippen LogP contribution in [0.1, 0.15) is 144 Å². The van der Waals surface area contributed by atoms with Crippen molar-refractivity contribution in [2.24, 2.45) is 0 Å². The van der Waals surface area contributed by atoms with E-state index >= 15 is 0 Å². The van der Waals surface area contributed by atoms with Crippen LogP contribution in [0.4, 0.5) is 0 Å². The van der Waals surface area contributed by atoms with Crippen LogP contribution in [0, 0.1) is 0 Å². The molecule has 0 saturated heterocycles. The molecule has 0 fully saturated rings. The van der Waals surface area contributed by atoms with Crippen LogP contribution >= 0.6 is 0 Å². The molecule has 0 heterocycles. The second-order valence-corrected chi connectivity index (χ2v) is 15.9. The molecule has 0 aromatic heterocycles. The smallest absolute Gasteiger partial charge is 0.194 e. The molecule has 4 heteroatoms. The highest BCUT2D eigenvalue weighted by atomic mass is 16.6. The molecule has 0 radical (unpaired) electrons. The van der Waals surface area contributed by atoms with Crippen molar-refractivity contribution in [3.05, 3.63) is 57.6 Å². The predicted molar refractivity (Wildman–Crippen MR) is 164 cm³/mol. The molecule has 4 nitrogen and oxygen atoms in total. The van der Waals surface area contributed by atoms with Gasteiger partial charge in [0.1, 0.15) is 11.5 Å². The lowest BCUT2D eigenvalue weighted by atomic mass is 9.69. The van der Waals surface area contributed by atoms with E-state index in [1.165, 1.54) is 11.1 Å². The lowest BCUT2D eigenvalue weighted by Crippen LogP contribution is -2.28. The SMILES string of the molecule is CC(O)Oc1c(C(C)(C)C)cc(C(C)(C)c2cc(C(C)(C)C)c(OC(C)O)c(C(C)(C)C)c2)cc1C(C)(C)C. The van der Waals surface area contributed by atoms with Gasteiger partial charge in [-0.1, -0.05) is 121 Å². The Morgan fingerprint density at radius 2 is 0.667 bits per heavy atom. The van der Waals surface area contributed by atoms with Gasteiger partial charge < -0.3 is 19.7 Å². The van der Waals surface area contributed by atoms with Crippen molar-refractivity contribution >= 4 is 0 Å². The Hall–Kier alpha value is -2.04. The molecular weight excluding hydrogens is 484 g/mol. The zero-order valence-electron chi connectivity index (χ0n) is 27.7. The van der Waals surface area contributed by atoms with E-state index in [0.29, 0.717) is 0 Å². The monoisotopic (exact) mass is 540 g/mol. The molecule has 0 aliphatic rings. The van der Waals surface area contributed by atoms with Crippen molar-refractivity contribution in [2.75, 3.05) is 0 Å². The standard InChI is InChI=1S/C35H56O4/c1-21(36)38-29-25(31(3,4)5)17-23(18-26(29)32(6,7)8)35(15,16)24-19-27(33(9,10)11)30(39-22(2)37)28(20-24)34(12,13)14/h17-22,36-37H,1-16H3. The maximum absolute atomic E-state index is 10.2. The molecule has 0 aliphatic carbocycles. The molecule has 2 aromatic rings. The van der Waals surface area contributed by atoms with Gasteiger partial charge in [0.15, 0.2) is 12.6 Å². The van der Waals surface area contributed by atoms with Crippen LogP contribution in [0.25, 0.3) is 0 Å². The lowest BCUT2D eigenvalue weighted by Gasteiger charge is -2.37. The molecule has 0 amide bonds. The number of hydrogen-bond acceptors (Lipinski definition) is 4. The number of aliphatic hydroxyl groups excluding tert-OH is 2. The Kier molecular flexibility index (Phi) is 9.14.